The van der Waals surface area contributed by atoms with E-state index in [1.807, 2.05) is 0 Å². The van der Waals surface area contributed by atoms with Crippen molar-refractivity contribution in [1.82, 2.24) is 0 Å². The fourth-order valence-corrected chi connectivity index (χ4v) is 5.80. The second-order valence-corrected chi connectivity index (χ2v) is 9.41. The maximum atomic E-state index is 2.45. The van der Waals surface area contributed by atoms with Gasteiger partial charge in [-0.05, 0) is 112 Å². The van der Waals surface area contributed by atoms with E-state index in [9.17, 15) is 0 Å². The van der Waals surface area contributed by atoms with Gasteiger partial charge < -0.3 is 0 Å². The van der Waals surface area contributed by atoms with Gasteiger partial charge in [-0.1, -0.05) is 44.7 Å². The van der Waals surface area contributed by atoms with Gasteiger partial charge in [0.25, 0.3) is 0 Å². The first-order chi connectivity index (χ1) is 12.1. The van der Waals surface area contributed by atoms with E-state index in [1.54, 1.807) is 5.56 Å². The Balaban J connectivity index is 1.46. The number of benzene rings is 1. The minimum atomic E-state index is 0.939. The molecule has 2 saturated carbocycles. The quantitative estimate of drug-likeness (QED) is 0.518. The van der Waals surface area contributed by atoms with Gasteiger partial charge in [-0.25, -0.2) is 0 Å². The molecule has 0 atom stereocenters. The van der Waals surface area contributed by atoms with E-state index in [-0.39, 0.29) is 0 Å². The van der Waals surface area contributed by atoms with Crippen molar-refractivity contribution in [3.63, 3.8) is 0 Å². The van der Waals surface area contributed by atoms with Gasteiger partial charge in [-0.3, -0.25) is 0 Å². The molecule has 1 aromatic rings. The van der Waals surface area contributed by atoms with Gasteiger partial charge in [0.15, 0.2) is 0 Å². The highest BCUT2D eigenvalue weighted by molar-refractivity contribution is 5.37. The Morgan fingerprint density at radius 1 is 0.720 bits per heavy atom. The monoisotopic (exact) mass is 340 g/mol. The van der Waals surface area contributed by atoms with Crippen molar-refractivity contribution >= 4 is 0 Å². The third-order valence-electron chi connectivity index (χ3n) is 7.66. The summed E-state index contributed by atoms with van der Waals surface area (Å²) in [4.78, 5) is 0. The zero-order valence-electron chi connectivity index (χ0n) is 17.2. The molecule has 0 nitrogen and oxygen atoms in total. The smallest absolute Gasteiger partial charge is 0.0250 e. The molecule has 0 bridgehead atoms. The maximum absolute atomic E-state index is 2.45. The van der Waals surface area contributed by atoms with E-state index in [0.717, 1.165) is 23.7 Å². The highest BCUT2D eigenvalue weighted by Gasteiger charge is 2.30. The average molecular weight is 341 g/mol. The molecule has 2 fully saturated rings. The number of hydrogen-bond donors (Lipinski definition) is 0. The van der Waals surface area contributed by atoms with Crippen LogP contribution in [0.3, 0.4) is 0 Å². The molecule has 0 aromatic heterocycles. The van der Waals surface area contributed by atoms with Crippen LogP contribution in [-0.4, -0.2) is 0 Å². The topological polar surface area (TPSA) is 0 Å². The van der Waals surface area contributed by atoms with Crippen molar-refractivity contribution in [1.29, 1.82) is 0 Å². The van der Waals surface area contributed by atoms with Crippen molar-refractivity contribution in [3.8, 4) is 0 Å². The lowest BCUT2D eigenvalue weighted by Gasteiger charge is -2.38. The molecule has 2 aliphatic carbocycles. The molecule has 0 saturated heterocycles. The molecule has 0 heteroatoms. The van der Waals surface area contributed by atoms with Crippen LogP contribution in [0.4, 0.5) is 0 Å². The first-order valence-corrected chi connectivity index (χ1v) is 11.1. The largest absolute Gasteiger partial charge is 0.0654 e. The molecule has 0 radical (unpaired) electrons. The average Bonchev–Trinajstić information content (AvgIpc) is 2.61. The summed E-state index contributed by atoms with van der Waals surface area (Å²) in [5.74, 6) is 4.12. The predicted molar refractivity (Wildman–Crippen MR) is 110 cm³/mol. The summed E-state index contributed by atoms with van der Waals surface area (Å²) in [6, 6.07) is 4.90. The summed E-state index contributed by atoms with van der Waals surface area (Å²) in [5.41, 5.74) is 6.02. The molecular formula is C25H40. The second-order valence-electron chi connectivity index (χ2n) is 9.41. The molecular weight excluding hydrogens is 300 g/mol. The van der Waals surface area contributed by atoms with E-state index < -0.39 is 0 Å². The Hall–Kier alpha value is -0.780. The molecule has 2 aliphatic rings. The van der Waals surface area contributed by atoms with Crippen LogP contribution in [0.25, 0.3) is 0 Å². The maximum Gasteiger partial charge on any atom is -0.0250 e. The minimum absolute atomic E-state index is 0.939. The Bertz CT molecular complexity index is 516. The van der Waals surface area contributed by atoms with Crippen molar-refractivity contribution in [2.75, 3.05) is 0 Å². The van der Waals surface area contributed by atoms with Crippen molar-refractivity contribution < 1.29 is 0 Å². The summed E-state index contributed by atoms with van der Waals surface area (Å²) >= 11 is 0. The summed E-state index contributed by atoms with van der Waals surface area (Å²) < 4.78 is 0. The summed E-state index contributed by atoms with van der Waals surface area (Å²) in [6.45, 7) is 9.16. The van der Waals surface area contributed by atoms with Crippen LogP contribution in [0.15, 0.2) is 12.1 Å². The van der Waals surface area contributed by atoms with Gasteiger partial charge in [0, 0.05) is 0 Å². The van der Waals surface area contributed by atoms with Crippen LogP contribution in [0, 0.1) is 44.4 Å². The summed E-state index contributed by atoms with van der Waals surface area (Å²) in [5, 5.41) is 0. The molecule has 0 amide bonds. The molecule has 140 valence electrons. The van der Waals surface area contributed by atoms with E-state index >= 15 is 0 Å². The molecule has 3 rings (SSSR count). The van der Waals surface area contributed by atoms with E-state index in [0.29, 0.717) is 0 Å². The standard InChI is InChI=1S/C25H40/c1-5-6-21-7-11-24(12-8-21)25-13-9-22(10-14-25)17-23-15-18(2)20(4)19(3)16-23/h15-16,21-22,24-25H,5-14,17H2,1-4H3. The number of hydrogen-bond acceptors (Lipinski definition) is 0. The Kier molecular flexibility index (Phi) is 6.64. The number of aryl methyl sites for hydroxylation is 2. The molecule has 25 heavy (non-hydrogen) atoms. The molecule has 0 heterocycles. The van der Waals surface area contributed by atoms with Crippen LogP contribution in [0.2, 0.25) is 0 Å². The van der Waals surface area contributed by atoms with Crippen molar-refractivity contribution in [2.24, 2.45) is 23.7 Å². The van der Waals surface area contributed by atoms with Crippen LogP contribution < -0.4 is 0 Å². The Morgan fingerprint density at radius 3 is 1.68 bits per heavy atom. The molecule has 1 aromatic carbocycles. The fraction of sp³-hybridized carbons (Fsp3) is 0.760. The van der Waals surface area contributed by atoms with Crippen molar-refractivity contribution in [3.05, 3.63) is 34.4 Å². The van der Waals surface area contributed by atoms with Gasteiger partial charge in [0.1, 0.15) is 0 Å². The highest BCUT2D eigenvalue weighted by atomic mass is 14.4. The third kappa shape index (κ3) is 4.89. The lowest BCUT2D eigenvalue weighted by Crippen LogP contribution is -2.26. The van der Waals surface area contributed by atoms with Gasteiger partial charge in [0.05, 0.1) is 0 Å². The molecule has 0 N–H and O–H groups in total. The normalized spacial score (nSPS) is 30.4. The second kappa shape index (κ2) is 8.74. The molecule has 0 unspecified atom stereocenters. The lowest BCUT2D eigenvalue weighted by molar-refractivity contribution is 0.143. The zero-order valence-corrected chi connectivity index (χ0v) is 17.2. The predicted octanol–water partition coefficient (Wildman–Crippen LogP) is 7.57. The fourth-order valence-electron chi connectivity index (χ4n) is 5.80. The number of rotatable bonds is 5. The first kappa shape index (κ1) is 19.0. The third-order valence-corrected chi connectivity index (χ3v) is 7.66. The summed E-state index contributed by atoms with van der Waals surface area (Å²) in [7, 11) is 0. The van der Waals surface area contributed by atoms with Gasteiger partial charge in [-0.2, -0.15) is 0 Å². The van der Waals surface area contributed by atoms with Gasteiger partial charge in [-0.15, -0.1) is 0 Å². The van der Waals surface area contributed by atoms with Gasteiger partial charge >= 0.3 is 0 Å². The van der Waals surface area contributed by atoms with Crippen LogP contribution in [0.5, 0.6) is 0 Å². The Morgan fingerprint density at radius 2 is 1.20 bits per heavy atom. The summed E-state index contributed by atoms with van der Waals surface area (Å²) in [6.07, 6.45) is 16.3. The molecule has 0 spiro atoms. The van der Waals surface area contributed by atoms with Crippen LogP contribution >= 0.6 is 0 Å². The van der Waals surface area contributed by atoms with Crippen LogP contribution in [0.1, 0.15) is 93.4 Å². The lowest BCUT2D eigenvalue weighted by atomic mass is 9.68. The minimum Gasteiger partial charge on any atom is -0.0654 e. The SMILES string of the molecule is CCCC1CCC(C2CCC(Cc3cc(C)c(C)c(C)c3)CC2)CC1. The van der Waals surface area contributed by atoms with E-state index in [4.69, 9.17) is 0 Å². The first-order valence-electron chi connectivity index (χ1n) is 11.1. The van der Waals surface area contributed by atoms with Crippen molar-refractivity contribution in [2.45, 2.75) is 98.3 Å². The molecule has 0 aliphatic heterocycles. The van der Waals surface area contributed by atoms with E-state index in [2.05, 4.69) is 39.8 Å². The highest BCUT2D eigenvalue weighted by Crippen LogP contribution is 2.42. The van der Waals surface area contributed by atoms with Gasteiger partial charge in [0.2, 0.25) is 0 Å². The van der Waals surface area contributed by atoms with E-state index in [1.165, 1.54) is 87.3 Å². The zero-order chi connectivity index (χ0) is 17.8. The van der Waals surface area contributed by atoms with Crippen LogP contribution in [-0.2, 0) is 6.42 Å². The Labute approximate surface area is 156 Å².